The largest absolute Gasteiger partial charge is 0.405 e. The third kappa shape index (κ3) is 5.12. The molecule has 2 rings (SSSR count). The Morgan fingerprint density at radius 1 is 1.15 bits per heavy atom. The average molecular weight is 407 g/mol. The summed E-state index contributed by atoms with van der Waals surface area (Å²) in [5, 5.41) is 1.91. The van der Waals surface area contributed by atoms with Crippen molar-refractivity contribution in [3.05, 3.63) is 58.6 Å². The molecule has 0 fully saturated rings. The quantitative estimate of drug-likeness (QED) is 0.794. The maximum Gasteiger partial charge on any atom is 0.405 e. The van der Waals surface area contributed by atoms with E-state index < -0.39 is 28.7 Å². The van der Waals surface area contributed by atoms with Gasteiger partial charge in [-0.15, -0.1) is 0 Å². The first kappa shape index (κ1) is 20.1. The van der Waals surface area contributed by atoms with Crippen LogP contribution in [-0.4, -0.2) is 27.0 Å². The van der Waals surface area contributed by atoms with E-state index in [1.54, 1.807) is 12.2 Å². The Bertz CT molecular complexity index is 931. The number of nitrogens with one attached hydrogen (secondary N) is 2. The summed E-state index contributed by atoms with van der Waals surface area (Å²) in [4.78, 5) is 11.9. The second-order valence-corrected chi connectivity index (χ2v) is 7.45. The van der Waals surface area contributed by atoms with Gasteiger partial charge in [0.05, 0.1) is 16.1 Å². The van der Waals surface area contributed by atoms with Gasteiger partial charge < -0.3 is 5.32 Å². The highest BCUT2D eigenvalue weighted by atomic mass is 35.5. The zero-order valence-electron chi connectivity index (χ0n) is 13.4. The molecule has 26 heavy (non-hydrogen) atoms. The molecule has 0 spiro atoms. The third-order valence-corrected chi connectivity index (χ3v) is 5.05. The van der Waals surface area contributed by atoms with Gasteiger partial charge in [0.25, 0.3) is 15.9 Å². The minimum atomic E-state index is -4.58. The van der Waals surface area contributed by atoms with Gasteiger partial charge in [-0.3, -0.25) is 9.52 Å². The first-order valence-corrected chi connectivity index (χ1v) is 9.09. The second-order valence-electron chi connectivity index (χ2n) is 5.36. The van der Waals surface area contributed by atoms with Crippen LogP contribution in [-0.2, 0) is 10.0 Å². The number of hydrogen-bond acceptors (Lipinski definition) is 3. The lowest BCUT2D eigenvalue weighted by molar-refractivity contribution is -0.123. The fourth-order valence-electron chi connectivity index (χ4n) is 2.11. The molecule has 0 unspecified atom stereocenters. The summed E-state index contributed by atoms with van der Waals surface area (Å²) in [5.74, 6) is -1.05. The monoisotopic (exact) mass is 406 g/mol. The summed E-state index contributed by atoms with van der Waals surface area (Å²) < 4.78 is 64.2. The molecule has 0 heterocycles. The van der Waals surface area contributed by atoms with Crippen LogP contribution in [0, 0.1) is 6.92 Å². The van der Waals surface area contributed by atoms with E-state index in [1.807, 2.05) is 0 Å². The Morgan fingerprint density at radius 3 is 2.46 bits per heavy atom. The first-order valence-electron chi connectivity index (χ1n) is 7.22. The molecular formula is C16H14ClF3N2O3S. The molecule has 5 nitrogen and oxygen atoms in total. The SMILES string of the molecule is Cc1ccc(Cl)cc1S(=O)(=O)Nc1ccccc1C(=O)NCC(F)(F)F. The number of aryl methyl sites for hydroxylation is 1. The predicted molar refractivity (Wildman–Crippen MR) is 91.8 cm³/mol. The van der Waals surface area contributed by atoms with Crippen LogP contribution in [0.1, 0.15) is 15.9 Å². The van der Waals surface area contributed by atoms with Gasteiger partial charge in [0.15, 0.2) is 0 Å². The molecule has 0 radical (unpaired) electrons. The highest BCUT2D eigenvalue weighted by Gasteiger charge is 2.28. The highest BCUT2D eigenvalue weighted by molar-refractivity contribution is 7.92. The standard InChI is InChI=1S/C16H14ClF3N2O3S/c1-10-6-7-11(17)8-14(10)26(24,25)22-13-5-3-2-4-12(13)15(23)21-9-16(18,19)20/h2-8,22H,9H2,1H3,(H,21,23). The van der Waals surface area contributed by atoms with Crippen molar-refractivity contribution in [2.45, 2.75) is 18.0 Å². The normalized spacial score (nSPS) is 11.9. The van der Waals surface area contributed by atoms with Crippen LogP contribution >= 0.6 is 11.6 Å². The van der Waals surface area contributed by atoms with E-state index >= 15 is 0 Å². The van der Waals surface area contributed by atoms with Crippen molar-refractivity contribution < 1.29 is 26.4 Å². The molecule has 0 saturated heterocycles. The average Bonchev–Trinajstić information content (AvgIpc) is 2.54. The van der Waals surface area contributed by atoms with Crippen molar-refractivity contribution in [1.82, 2.24) is 5.32 Å². The Kier molecular flexibility index (Phi) is 5.82. The topological polar surface area (TPSA) is 75.3 Å². The second kappa shape index (κ2) is 7.55. The van der Waals surface area contributed by atoms with E-state index in [4.69, 9.17) is 11.6 Å². The lowest BCUT2D eigenvalue weighted by atomic mass is 10.1. The van der Waals surface area contributed by atoms with Crippen LogP contribution in [0.2, 0.25) is 5.02 Å². The molecule has 0 aromatic heterocycles. The maximum atomic E-state index is 12.6. The fraction of sp³-hybridized carbons (Fsp3) is 0.188. The van der Waals surface area contributed by atoms with Crippen LogP contribution in [0.4, 0.5) is 18.9 Å². The number of carbonyl (C=O) groups is 1. The van der Waals surface area contributed by atoms with Gasteiger partial charge in [-0.05, 0) is 36.8 Å². The number of carbonyl (C=O) groups excluding carboxylic acids is 1. The molecule has 140 valence electrons. The third-order valence-electron chi connectivity index (χ3n) is 3.31. The van der Waals surface area contributed by atoms with Gasteiger partial charge in [-0.2, -0.15) is 13.2 Å². The number of rotatable bonds is 5. The summed E-state index contributed by atoms with van der Waals surface area (Å²) in [7, 11) is -4.10. The molecule has 2 aromatic carbocycles. The lowest BCUT2D eigenvalue weighted by Gasteiger charge is -2.14. The van der Waals surface area contributed by atoms with Crippen molar-refractivity contribution in [3.63, 3.8) is 0 Å². The number of halogens is 4. The molecule has 10 heteroatoms. The van der Waals surface area contributed by atoms with Gasteiger partial charge in [-0.25, -0.2) is 8.42 Å². The Morgan fingerprint density at radius 2 is 1.81 bits per heavy atom. The molecule has 0 saturated carbocycles. The van der Waals surface area contributed by atoms with Crippen LogP contribution < -0.4 is 10.0 Å². The van der Waals surface area contributed by atoms with Crippen LogP contribution in [0.3, 0.4) is 0 Å². The molecule has 2 N–H and O–H groups in total. The number of para-hydroxylation sites is 1. The summed E-state index contributed by atoms with van der Waals surface area (Å²) in [6.07, 6.45) is -4.58. The molecule has 0 aliphatic heterocycles. The first-order chi connectivity index (χ1) is 12.0. The lowest BCUT2D eigenvalue weighted by Crippen LogP contribution is -2.34. The molecule has 0 bridgehead atoms. The number of benzene rings is 2. The van der Waals surface area contributed by atoms with E-state index in [0.29, 0.717) is 5.56 Å². The molecule has 0 atom stereocenters. The zero-order chi connectivity index (χ0) is 19.5. The molecule has 1 amide bonds. The summed E-state index contributed by atoms with van der Waals surface area (Å²) in [6, 6.07) is 9.63. The van der Waals surface area contributed by atoms with Gasteiger partial charge >= 0.3 is 6.18 Å². The van der Waals surface area contributed by atoms with Crippen molar-refractivity contribution in [2.75, 3.05) is 11.3 Å². The van der Waals surface area contributed by atoms with E-state index in [2.05, 4.69) is 4.72 Å². The van der Waals surface area contributed by atoms with Gasteiger partial charge in [0.1, 0.15) is 6.54 Å². The summed E-state index contributed by atoms with van der Waals surface area (Å²) in [5.41, 5.74) is 0.0347. The van der Waals surface area contributed by atoms with Crippen LogP contribution in [0.15, 0.2) is 47.4 Å². The van der Waals surface area contributed by atoms with Gasteiger partial charge in [-0.1, -0.05) is 29.8 Å². The van der Waals surface area contributed by atoms with Gasteiger partial charge in [0, 0.05) is 5.02 Å². The Labute approximate surface area is 153 Å². The predicted octanol–water partition coefficient (Wildman–Crippen LogP) is 3.74. The van der Waals surface area contributed by atoms with E-state index in [9.17, 15) is 26.4 Å². The van der Waals surface area contributed by atoms with E-state index in [-0.39, 0.29) is 21.2 Å². The summed E-state index contributed by atoms with van der Waals surface area (Å²) >= 11 is 5.83. The van der Waals surface area contributed by atoms with Crippen LogP contribution in [0.5, 0.6) is 0 Å². The van der Waals surface area contributed by atoms with E-state index in [0.717, 1.165) is 0 Å². The van der Waals surface area contributed by atoms with Crippen molar-refractivity contribution >= 4 is 33.2 Å². The number of hydrogen-bond donors (Lipinski definition) is 2. The molecular weight excluding hydrogens is 393 g/mol. The van der Waals surface area contributed by atoms with Crippen molar-refractivity contribution in [2.24, 2.45) is 0 Å². The number of alkyl halides is 3. The minimum Gasteiger partial charge on any atom is -0.343 e. The zero-order valence-corrected chi connectivity index (χ0v) is 15.0. The van der Waals surface area contributed by atoms with Gasteiger partial charge in [0.2, 0.25) is 0 Å². The highest BCUT2D eigenvalue weighted by Crippen LogP contribution is 2.25. The van der Waals surface area contributed by atoms with Crippen LogP contribution in [0.25, 0.3) is 0 Å². The smallest absolute Gasteiger partial charge is 0.343 e. The molecule has 2 aromatic rings. The Balaban J connectivity index is 2.33. The van der Waals surface area contributed by atoms with Crippen molar-refractivity contribution in [1.29, 1.82) is 0 Å². The number of sulfonamides is 1. The summed E-state index contributed by atoms with van der Waals surface area (Å²) in [6.45, 7) is 0.0349. The Hall–Kier alpha value is -2.26. The molecule has 0 aliphatic rings. The molecule has 0 aliphatic carbocycles. The number of amides is 1. The maximum absolute atomic E-state index is 12.6. The van der Waals surface area contributed by atoms with E-state index in [1.165, 1.54) is 42.5 Å². The fourth-order valence-corrected chi connectivity index (χ4v) is 3.70. The van der Waals surface area contributed by atoms with Crippen molar-refractivity contribution in [3.8, 4) is 0 Å². The number of anilines is 1. The minimum absolute atomic E-state index is 0.101.